The SMILES string of the molecule is CNc1nc(NCCSC)c(Cl)cc1Cl. The van der Waals surface area contributed by atoms with Gasteiger partial charge in [-0.15, -0.1) is 0 Å². The average Bonchev–Trinajstić information content (AvgIpc) is 2.21. The molecule has 0 fully saturated rings. The van der Waals surface area contributed by atoms with E-state index >= 15 is 0 Å². The van der Waals surface area contributed by atoms with Crippen molar-refractivity contribution in [3.8, 4) is 0 Å². The molecule has 6 heteroatoms. The van der Waals surface area contributed by atoms with Gasteiger partial charge in [0.05, 0.1) is 10.0 Å². The Hall–Kier alpha value is -0.320. The molecule has 0 radical (unpaired) electrons. The van der Waals surface area contributed by atoms with Gasteiger partial charge in [-0.1, -0.05) is 23.2 Å². The molecule has 0 spiro atoms. The van der Waals surface area contributed by atoms with Gasteiger partial charge in [0, 0.05) is 19.3 Å². The van der Waals surface area contributed by atoms with Crippen LogP contribution >= 0.6 is 35.0 Å². The first kappa shape index (κ1) is 12.7. The number of nitrogens with zero attached hydrogens (tertiary/aromatic N) is 1. The minimum Gasteiger partial charge on any atom is -0.372 e. The molecular weight excluding hydrogens is 253 g/mol. The smallest absolute Gasteiger partial charge is 0.147 e. The summed E-state index contributed by atoms with van der Waals surface area (Å²) in [4.78, 5) is 4.27. The Bertz CT molecular complexity index is 333. The highest BCUT2D eigenvalue weighted by molar-refractivity contribution is 7.98. The van der Waals surface area contributed by atoms with E-state index in [4.69, 9.17) is 23.2 Å². The predicted octanol–water partition coefficient (Wildman–Crippen LogP) is 3.21. The fourth-order valence-electron chi connectivity index (χ4n) is 1.04. The van der Waals surface area contributed by atoms with Gasteiger partial charge in [0.25, 0.3) is 0 Å². The Balaban J connectivity index is 2.78. The molecule has 1 aromatic heterocycles. The van der Waals surface area contributed by atoms with E-state index in [1.165, 1.54) is 0 Å². The number of nitrogens with one attached hydrogen (secondary N) is 2. The highest BCUT2D eigenvalue weighted by Crippen LogP contribution is 2.28. The van der Waals surface area contributed by atoms with E-state index in [0.29, 0.717) is 21.7 Å². The summed E-state index contributed by atoms with van der Waals surface area (Å²) in [6, 6.07) is 1.68. The molecule has 1 rings (SSSR count). The average molecular weight is 266 g/mol. The van der Waals surface area contributed by atoms with Crippen LogP contribution in [0.3, 0.4) is 0 Å². The highest BCUT2D eigenvalue weighted by Gasteiger charge is 2.07. The lowest BCUT2D eigenvalue weighted by Gasteiger charge is -2.10. The quantitative estimate of drug-likeness (QED) is 0.802. The number of rotatable bonds is 5. The first-order valence-corrected chi connectivity index (χ1v) is 6.60. The van der Waals surface area contributed by atoms with Gasteiger partial charge in [0.15, 0.2) is 0 Å². The Morgan fingerprint density at radius 1 is 1.33 bits per heavy atom. The van der Waals surface area contributed by atoms with E-state index in [1.54, 1.807) is 24.9 Å². The third-order valence-electron chi connectivity index (χ3n) is 1.76. The lowest BCUT2D eigenvalue weighted by molar-refractivity contribution is 1.17. The minimum absolute atomic E-state index is 0.526. The normalized spacial score (nSPS) is 10.1. The lowest BCUT2D eigenvalue weighted by Crippen LogP contribution is -2.07. The van der Waals surface area contributed by atoms with Gasteiger partial charge in [-0.3, -0.25) is 0 Å². The van der Waals surface area contributed by atoms with Gasteiger partial charge < -0.3 is 10.6 Å². The summed E-state index contributed by atoms with van der Waals surface area (Å²) >= 11 is 13.7. The van der Waals surface area contributed by atoms with E-state index in [-0.39, 0.29) is 0 Å². The number of aromatic nitrogens is 1. The first-order valence-electron chi connectivity index (χ1n) is 4.45. The van der Waals surface area contributed by atoms with E-state index in [9.17, 15) is 0 Å². The van der Waals surface area contributed by atoms with Crippen molar-refractivity contribution in [3.05, 3.63) is 16.1 Å². The van der Waals surface area contributed by atoms with Gasteiger partial charge in [-0.05, 0) is 12.3 Å². The van der Waals surface area contributed by atoms with Gasteiger partial charge >= 0.3 is 0 Å². The van der Waals surface area contributed by atoms with Crippen LogP contribution < -0.4 is 10.6 Å². The maximum Gasteiger partial charge on any atom is 0.147 e. The monoisotopic (exact) mass is 265 g/mol. The number of anilines is 2. The Kier molecular flexibility index (Phi) is 5.36. The number of halogens is 2. The van der Waals surface area contributed by atoms with E-state index < -0.39 is 0 Å². The largest absolute Gasteiger partial charge is 0.372 e. The molecule has 0 amide bonds. The molecule has 0 aliphatic heterocycles. The van der Waals surface area contributed by atoms with Crippen LogP contribution in [0, 0.1) is 0 Å². The summed E-state index contributed by atoms with van der Waals surface area (Å²) in [5.74, 6) is 2.31. The van der Waals surface area contributed by atoms with Gasteiger partial charge in [-0.25, -0.2) is 4.98 Å². The summed E-state index contributed by atoms with van der Waals surface area (Å²) in [5, 5.41) is 7.13. The second kappa shape index (κ2) is 6.30. The number of thioether (sulfide) groups is 1. The minimum atomic E-state index is 0.526. The Morgan fingerprint density at radius 2 is 2.00 bits per heavy atom. The van der Waals surface area contributed by atoms with Crippen molar-refractivity contribution in [1.82, 2.24) is 4.98 Å². The fraction of sp³-hybridized carbons (Fsp3) is 0.444. The summed E-state index contributed by atoms with van der Waals surface area (Å²) < 4.78 is 0. The molecule has 0 atom stereocenters. The van der Waals surface area contributed by atoms with Gasteiger partial charge in [0.2, 0.25) is 0 Å². The maximum absolute atomic E-state index is 5.99. The van der Waals surface area contributed by atoms with Crippen LogP contribution in [-0.4, -0.2) is 30.6 Å². The first-order chi connectivity index (χ1) is 7.19. The Labute approximate surface area is 104 Å². The predicted molar refractivity (Wildman–Crippen MR) is 70.7 cm³/mol. The second-order valence-corrected chi connectivity index (χ2v) is 4.62. The number of pyridine rings is 1. The molecule has 3 nitrogen and oxygen atoms in total. The molecule has 0 aliphatic carbocycles. The summed E-state index contributed by atoms with van der Waals surface area (Å²) in [7, 11) is 1.77. The summed E-state index contributed by atoms with van der Waals surface area (Å²) in [5.41, 5.74) is 0. The van der Waals surface area contributed by atoms with Crippen molar-refractivity contribution < 1.29 is 0 Å². The fourth-order valence-corrected chi connectivity index (χ4v) is 1.86. The molecule has 0 saturated carbocycles. The summed E-state index contributed by atoms with van der Waals surface area (Å²) in [6.07, 6.45) is 2.05. The van der Waals surface area contributed by atoms with E-state index in [0.717, 1.165) is 12.3 Å². The Morgan fingerprint density at radius 3 is 2.60 bits per heavy atom. The van der Waals surface area contributed by atoms with Crippen LogP contribution in [0.15, 0.2) is 6.07 Å². The maximum atomic E-state index is 5.99. The van der Waals surface area contributed by atoms with Crippen molar-refractivity contribution in [2.24, 2.45) is 0 Å². The van der Waals surface area contributed by atoms with E-state index in [2.05, 4.69) is 21.9 Å². The topological polar surface area (TPSA) is 37.0 Å². The number of hydrogen-bond acceptors (Lipinski definition) is 4. The second-order valence-electron chi connectivity index (χ2n) is 2.82. The van der Waals surface area contributed by atoms with Crippen LogP contribution in [0.2, 0.25) is 10.0 Å². The van der Waals surface area contributed by atoms with Gasteiger partial charge in [0.1, 0.15) is 11.6 Å². The number of hydrogen-bond donors (Lipinski definition) is 2. The van der Waals surface area contributed by atoms with Crippen molar-refractivity contribution in [2.45, 2.75) is 0 Å². The van der Waals surface area contributed by atoms with Crippen LogP contribution in [0.25, 0.3) is 0 Å². The van der Waals surface area contributed by atoms with Gasteiger partial charge in [-0.2, -0.15) is 11.8 Å². The molecule has 0 unspecified atom stereocenters. The standard InChI is InChI=1S/C9H13Cl2N3S/c1-12-8-6(10)5-7(11)9(14-8)13-3-4-15-2/h5H,3-4H2,1-2H3,(H2,12,13,14). The van der Waals surface area contributed by atoms with Crippen LogP contribution in [0.1, 0.15) is 0 Å². The molecule has 0 aliphatic rings. The molecule has 1 aromatic rings. The van der Waals surface area contributed by atoms with Crippen molar-refractivity contribution in [3.63, 3.8) is 0 Å². The molecular formula is C9H13Cl2N3S. The zero-order valence-electron chi connectivity index (χ0n) is 8.60. The summed E-state index contributed by atoms with van der Waals surface area (Å²) in [6.45, 7) is 0.832. The highest BCUT2D eigenvalue weighted by atomic mass is 35.5. The van der Waals surface area contributed by atoms with E-state index in [1.807, 2.05) is 0 Å². The van der Waals surface area contributed by atoms with Crippen LogP contribution in [0.4, 0.5) is 11.6 Å². The van der Waals surface area contributed by atoms with Crippen molar-refractivity contribution >= 4 is 46.6 Å². The lowest BCUT2D eigenvalue weighted by atomic mass is 10.4. The molecule has 0 bridgehead atoms. The van der Waals surface area contributed by atoms with Crippen LogP contribution in [0.5, 0.6) is 0 Å². The van der Waals surface area contributed by atoms with Crippen molar-refractivity contribution in [1.29, 1.82) is 0 Å². The van der Waals surface area contributed by atoms with Crippen LogP contribution in [-0.2, 0) is 0 Å². The third-order valence-corrected chi connectivity index (χ3v) is 2.95. The third kappa shape index (κ3) is 3.63. The zero-order chi connectivity index (χ0) is 11.3. The molecule has 0 saturated heterocycles. The zero-order valence-corrected chi connectivity index (χ0v) is 10.9. The molecule has 0 aromatic carbocycles. The van der Waals surface area contributed by atoms with Crippen molar-refractivity contribution in [2.75, 3.05) is 36.2 Å². The molecule has 84 valence electrons. The molecule has 15 heavy (non-hydrogen) atoms. The molecule has 2 N–H and O–H groups in total. The molecule has 1 heterocycles.